The summed E-state index contributed by atoms with van der Waals surface area (Å²) in [4.78, 5) is 0. The maximum atomic E-state index is 5.14. The van der Waals surface area contributed by atoms with Crippen LogP contribution in [-0.4, -0.2) is 19.8 Å². The second-order valence-electron chi connectivity index (χ2n) is 4.31. The molecule has 2 heteroatoms. The SMILES string of the molecule is COC[C@H](C)N[C@H]1CCc2ccccc21. The van der Waals surface area contributed by atoms with E-state index >= 15 is 0 Å². The van der Waals surface area contributed by atoms with Crippen LogP contribution in [0, 0.1) is 0 Å². The van der Waals surface area contributed by atoms with Gasteiger partial charge >= 0.3 is 0 Å². The molecule has 0 saturated heterocycles. The Kier molecular flexibility index (Phi) is 3.39. The van der Waals surface area contributed by atoms with E-state index in [1.807, 2.05) is 0 Å². The number of hydrogen-bond acceptors (Lipinski definition) is 2. The van der Waals surface area contributed by atoms with Crippen LogP contribution in [0.3, 0.4) is 0 Å². The Labute approximate surface area is 91.6 Å². The van der Waals surface area contributed by atoms with E-state index in [1.165, 1.54) is 24.0 Å². The molecule has 0 heterocycles. The average molecular weight is 205 g/mol. The molecule has 2 nitrogen and oxygen atoms in total. The van der Waals surface area contributed by atoms with E-state index < -0.39 is 0 Å². The minimum Gasteiger partial charge on any atom is -0.383 e. The number of ether oxygens (including phenoxy) is 1. The molecule has 0 saturated carbocycles. The summed E-state index contributed by atoms with van der Waals surface area (Å²) in [5.41, 5.74) is 2.97. The average Bonchev–Trinajstić information content (AvgIpc) is 2.62. The van der Waals surface area contributed by atoms with E-state index in [1.54, 1.807) is 7.11 Å². The summed E-state index contributed by atoms with van der Waals surface area (Å²) in [6, 6.07) is 9.66. The molecule has 1 N–H and O–H groups in total. The van der Waals surface area contributed by atoms with Gasteiger partial charge in [0.25, 0.3) is 0 Å². The van der Waals surface area contributed by atoms with Gasteiger partial charge in [0, 0.05) is 19.2 Å². The van der Waals surface area contributed by atoms with Gasteiger partial charge in [-0.05, 0) is 30.9 Å². The first-order chi connectivity index (χ1) is 7.31. The fourth-order valence-electron chi connectivity index (χ4n) is 2.37. The lowest BCUT2D eigenvalue weighted by Crippen LogP contribution is -2.32. The van der Waals surface area contributed by atoms with E-state index in [0.717, 1.165) is 6.61 Å². The number of aryl methyl sites for hydroxylation is 1. The molecule has 1 aromatic rings. The number of benzene rings is 1. The molecule has 1 aromatic carbocycles. The van der Waals surface area contributed by atoms with Crippen molar-refractivity contribution in [2.45, 2.75) is 31.8 Å². The molecule has 1 aliphatic carbocycles. The van der Waals surface area contributed by atoms with Crippen LogP contribution in [0.2, 0.25) is 0 Å². The summed E-state index contributed by atoms with van der Waals surface area (Å²) in [6.45, 7) is 2.95. The van der Waals surface area contributed by atoms with Crippen LogP contribution in [0.4, 0.5) is 0 Å². The molecule has 0 radical (unpaired) electrons. The van der Waals surface area contributed by atoms with E-state index in [-0.39, 0.29) is 0 Å². The second kappa shape index (κ2) is 4.77. The van der Waals surface area contributed by atoms with Gasteiger partial charge < -0.3 is 10.1 Å². The second-order valence-corrected chi connectivity index (χ2v) is 4.31. The molecule has 0 aliphatic heterocycles. The predicted octanol–water partition coefficient (Wildman–Crippen LogP) is 2.30. The zero-order valence-corrected chi connectivity index (χ0v) is 9.49. The quantitative estimate of drug-likeness (QED) is 0.814. The molecule has 0 amide bonds. The minimum absolute atomic E-state index is 0.422. The Morgan fingerprint density at radius 2 is 2.27 bits per heavy atom. The number of methoxy groups -OCH3 is 1. The van der Waals surface area contributed by atoms with E-state index in [0.29, 0.717) is 12.1 Å². The lowest BCUT2D eigenvalue weighted by atomic mass is 10.1. The Balaban J connectivity index is 2.01. The summed E-state index contributed by atoms with van der Waals surface area (Å²) in [5.74, 6) is 0. The third-order valence-electron chi connectivity index (χ3n) is 3.04. The fourth-order valence-corrected chi connectivity index (χ4v) is 2.37. The van der Waals surface area contributed by atoms with Gasteiger partial charge in [-0.25, -0.2) is 0 Å². The molecule has 0 fully saturated rings. The zero-order chi connectivity index (χ0) is 10.7. The summed E-state index contributed by atoms with van der Waals surface area (Å²) in [7, 11) is 1.75. The normalized spacial score (nSPS) is 21.3. The highest BCUT2D eigenvalue weighted by atomic mass is 16.5. The van der Waals surface area contributed by atoms with Gasteiger partial charge in [0.15, 0.2) is 0 Å². The predicted molar refractivity (Wildman–Crippen MR) is 62.0 cm³/mol. The first-order valence-corrected chi connectivity index (χ1v) is 5.64. The van der Waals surface area contributed by atoms with Gasteiger partial charge in [-0.2, -0.15) is 0 Å². The van der Waals surface area contributed by atoms with Gasteiger partial charge in [-0.15, -0.1) is 0 Å². The number of hydrogen-bond donors (Lipinski definition) is 1. The maximum Gasteiger partial charge on any atom is 0.0613 e. The highest BCUT2D eigenvalue weighted by Crippen LogP contribution is 2.30. The largest absolute Gasteiger partial charge is 0.383 e. The van der Waals surface area contributed by atoms with Crippen molar-refractivity contribution in [3.8, 4) is 0 Å². The molecule has 15 heavy (non-hydrogen) atoms. The van der Waals surface area contributed by atoms with Crippen LogP contribution >= 0.6 is 0 Å². The van der Waals surface area contributed by atoms with Crippen molar-refractivity contribution in [3.05, 3.63) is 35.4 Å². The Morgan fingerprint density at radius 1 is 1.47 bits per heavy atom. The summed E-state index contributed by atoms with van der Waals surface area (Å²) >= 11 is 0. The lowest BCUT2D eigenvalue weighted by molar-refractivity contribution is 0.166. The summed E-state index contributed by atoms with van der Waals surface area (Å²) in [6.07, 6.45) is 2.42. The van der Waals surface area contributed by atoms with Crippen LogP contribution in [-0.2, 0) is 11.2 Å². The molecule has 1 aliphatic rings. The number of rotatable bonds is 4. The van der Waals surface area contributed by atoms with Crippen molar-refractivity contribution in [1.29, 1.82) is 0 Å². The minimum atomic E-state index is 0.422. The van der Waals surface area contributed by atoms with Gasteiger partial charge in [-0.1, -0.05) is 24.3 Å². The molecular formula is C13H19NO. The van der Waals surface area contributed by atoms with Crippen molar-refractivity contribution in [2.75, 3.05) is 13.7 Å². The monoisotopic (exact) mass is 205 g/mol. The van der Waals surface area contributed by atoms with E-state index in [4.69, 9.17) is 4.74 Å². The Hall–Kier alpha value is -0.860. The van der Waals surface area contributed by atoms with Crippen molar-refractivity contribution in [2.24, 2.45) is 0 Å². The molecule has 2 atom stereocenters. The summed E-state index contributed by atoms with van der Waals surface area (Å²) in [5, 5.41) is 3.61. The third-order valence-corrected chi connectivity index (χ3v) is 3.04. The topological polar surface area (TPSA) is 21.3 Å². The first-order valence-electron chi connectivity index (χ1n) is 5.64. The molecule has 0 spiro atoms. The van der Waals surface area contributed by atoms with Gasteiger partial charge in [0.2, 0.25) is 0 Å². The first kappa shape index (κ1) is 10.7. The van der Waals surface area contributed by atoms with E-state index in [2.05, 4.69) is 36.5 Å². The van der Waals surface area contributed by atoms with Gasteiger partial charge in [0.1, 0.15) is 0 Å². The van der Waals surface area contributed by atoms with Gasteiger partial charge in [-0.3, -0.25) is 0 Å². The standard InChI is InChI=1S/C13H19NO/c1-10(9-15-2)14-13-8-7-11-5-3-4-6-12(11)13/h3-6,10,13-14H,7-9H2,1-2H3/t10-,13-/m0/s1. The fraction of sp³-hybridized carbons (Fsp3) is 0.538. The molecule has 0 bridgehead atoms. The summed E-state index contributed by atoms with van der Waals surface area (Å²) < 4.78 is 5.14. The molecule has 2 rings (SSSR count). The van der Waals surface area contributed by atoms with Crippen LogP contribution < -0.4 is 5.32 Å². The van der Waals surface area contributed by atoms with Crippen molar-refractivity contribution in [3.63, 3.8) is 0 Å². The smallest absolute Gasteiger partial charge is 0.0613 e. The van der Waals surface area contributed by atoms with Crippen LogP contribution in [0.1, 0.15) is 30.5 Å². The van der Waals surface area contributed by atoms with Crippen molar-refractivity contribution in [1.82, 2.24) is 5.32 Å². The maximum absolute atomic E-state index is 5.14. The van der Waals surface area contributed by atoms with Crippen LogP contribution in [0.5, 0.6) is 0 Å². The lowest BCUT2D eigenvalue weighted by Gasteiger charge is -2.19. The van der Waals surface area contributed by atoms with Crippen molar-refractivity contribution >= 4 is 0 Å². The Bertz CT molecular complexity index is 324. The van der Waals surface area contributed by atoms with E-state index in [9.17, 15) is 0 Å². The molecule has 82 valence electrons. The van der Waals surface area contributed by atoms with Crippen LogP contribution in [0.15, 0.2) is 24.3 Å². The molecule has 0 unspecified atom stereocenters. The van der Waals surface area contributed by atoms with Gasteiger partial charge in [0.05, 0.1) is 6.61 Å². The van der Waals surface area contributed by atoms with Crippen molar-refractivity contribution < 1.29 is 4.74 Å². The highest BCUT2D eigenvalue weighted by molar-refractivity contribution is 5.34. The molecule has 0 aromatic heterocycles. The third kappa shape index (κ3) is 2.39. The zero-order valence-electron chi connectivity index (χ0n) is 9.49. The number of nitrogens with one attached hydrogen (secondary N) is 1. The van der Waals surface area contributed by atoms with Crippen LogP contribution in [0.25, 0.3) is 0 Å². The number of fused-ring (bicyclic) bond motifs is 1. The molecular weight excluding hydrogens is 186 g/mol. The highest BCUT2D eigenvalue weighted by Gasteiger charge is 2.22. The Morgan fingerprint density at radius 3 is 3.07 bits per heavy atom.